The molecule has 1 amide bonds. The highest BCUT2D eigenvalue weighted by Crippen LogP contribution is 2.42. The van der Waals surface area contributed by atoms with Gasteiger partial charge in [0.1, 0.15) is 12.0 Å². The minimum Gasteiger partial charge on any atom is -0.474 e. The number of benzene rings is 2. The lowest BCUT2D eigenvalue weighted by Gasteiger charge is -2.34. The summed E-state index contributed by atoms with van der Waals surface area (Å²) in [6, 6.07) is 16.4. The first-order chi connectivity index (χ1) is 17.9. The molecule has 37 heavy (non-hydrogen) atoms. The smallest absolute Gasteiger partial charge is 0.247 e. The summed E-state index contributed by atoms with van der Waals surface area (Å²) in [6.07, 6.45) is 2.72. The number of nitrogens with zero attached hydrogens (tertiary/aromatic N) is 4. The summed E-state index contributed by atoms with van der Waals surface area (Å²) in [5.41, 5.74) is 6.37. The van der Waals surface area contributed by atoms with Crippen LogP contribution in [0.15, 0.2) is 67.5 Å². The molecule has 3 heterocycles. The summed E-state index contributed by atoms with van der Waals surface area (Å²) in [5.74, 6) is 0.259. The van der Waals surface area contributed by atoms with Crippen LogP contribution in [0.1, 0.15) is 13.8 Å². The first-order valence-corrected chi connectivity index (χ1v) is 12.5. The predicted octanol–water partition coefficient (Wildman–Crippen LogP) is 4.96. The lowest BCUT2D eigenvalue weighted by atomic mass is 9.98. The number of anilines is 2. The summed E-state index contributed by atoms with van der Waals surface area (Å²) in [4.78, 5) is 29.2. The molecule has 0 spiro atoms. The molecule has 0 radical (unpaired) electrons. The molecule has 0 unspecified atom stereocenters. The second kappa shape index (κ2) is 10.4. The van der Waals surface area contributed by atoms with Gasteiger partial charge in [0, 0.05) is 43.1 Å². The molecule has 5 rings (SSSR count). The maximum atomic E-state index is 12.0. The minimum atomic E-state index is -0.261. The number of amides is 1. The van der Waals surface area contributed by atoms with E-state index in [9.17, 15) is 4.79 Å². The first-order valence-electron chi connectivity index (χ1n) is 12.5. The number of hydrogen-bond donors (Lipinski definition) is 2. The molecule has 4 aromatic rings. The first kappa shape index (κ1) is 24.5. The van der Waals surface area contributed by atoms with E-state index in [1.807, 2.05) is 38.1 Å². The monoisotopic (exact) mass is 496 g/mol. The molecule has 2 aromatic heterocycles. The van der Waals surface area contributed by atoms with E-state index >= 15 is 0 Å². The van der Waals surface area contributed by atoms with Gasteiger partial charge in [0.05, 0.1) is 17.2 Å². The van der Waals surface area contributed by atoms with Crippen LogP contribution in [-0.4, -0.2) is 65.1 Å². The van der Waals surface area contributed by atoms with Crippen molar-refractivity contribution < 1.29 is 9.53 Å². The maximum Gasteiger partial charge on any atom is 0.247 e. The number of hydrogen-bond acceptors (Lipinski definition) is 6. The second-order valence-corrected chi connectivity index (χ2v) is 9.56. The molecule has 1 aliphatic rings. The lowest BCUT2D eigenvalue weighted by Crippen LogP contribution is -2.44. The Kier molecular flexibility index (Phi) is 6.92. The molecule has 190 valence electrons. The van der Waals surface area contributed by atoms with Crippen LogP contribution < -0.4 is 15.0 Å². The van der Waals surface area contributed by atoms with Crippen molar-refractivity contribution in [2.75, 3.05) is 43.4 Å². The van der Waals surface area contributed by atoms with Gasteiger partial charge >= 0.3 is 0 Å². The van der Waals surface area contributed by atoms with Crippen LogP contribution in [0.2, 0.25) is 0 Å². The molecule has 0 atom stereocenters. The molecule has 1 fully saturated rings. The number of ether oxygens (including phenoxy) is 1. The fraction of sp³-hybridized carbons (Fsp3) is 0.276. The summed E-state index contributed by atoms with van der Waals surface area (Å²) in [7, 11) is 2.16. The summed E-state index contributed by atoms with van der Waals surface area (Å²) >= 11 is 0. The van der Waals surface area contributed by atoms with E-state index in [0.717, 1.165) is 53.9 Å². The van der Waals surface area contributed by atoms with Crippen LogP contribution in [0.25, 0.3) is 33.4 Å². The Labute approximate surface area is 217 Å². The van der Waals surface area contributed by atoms with E-state index in [1.165, 1.54) is 18.1 Å². The molecular formula is C29H32N6O2. The summed E-state index contributed by atoms with van der Waals surface area (Å²) in [6.45, 7) is 11.7. The van der Waals surface area contributed by atoms with Crippen LogP contribution in [-0.2, 0) is 4.79 Å². The number of carbonyl (C=O) groups is 1. The Hall–Kier alpha value is -4.17. The van der Waals surface area contributed by atoms with Crippen LogP contribution in [0.3, 0.4) is 0 Å². The van der Waals surface area contributed by atoms with Crippen molar-refractivity contribution in [1.82, 2.24) is 19.9 Å². The van der Waals surface area contributed by atoms with E-state index in [0.29, 0.717) is 17.2 Å². The number of likely N-dealkylation sites (N-methyl/N-ethyl adjacent to an activating group) is 1. The Balaban J connectivity index is 1.62. The number of piperazine rings is 1. The Morgan fingerprint density at radius 2 is 1.84 bits per heavy atom. The topological polar surface area (TPSA) is 86.4 Å². The fourth-order valence-electron chi connectivity index (χ4n) is 4.66. The van der Waals surface area contributed by atoms with E-state index in [4.69, 9.17) is 4.74 Å². The highest BCUT2D eigenvalue weighted by Gasteiger charge is 2.22. The third-order valence-electron chi connectivity index (χ3n) is 6.53. The molecule has 2 aromatic carbocycles. The number of fused-ring (bicyclic) bond motifs is 1. The third kappa shape index (κ3) is 5.20. The standard InChI is InChI=1S/C29H32N6O2/c1-5-24(36)32-22-8-6-7-21(17-22)25-26-28(30-18-31-29(26)37-19(2)3)33-27(25)20-9-11-23(12-10-20)35-15-13-34(4)14-16-35/h5-12,17-19H,1,13-16H2,2-4H3,(H,32,36)(H,30,31,33). The van der Waals surface area contributed by atoms with E-state index < -0.39 is 0 Å². The normalized spacial score (nSPS) is 14.2. The molecule has 1 saturated heterocycles. The SMILES string of the molecule is C=CC(=O)Nc1cccc(-c2c(-c3ccc(N4CCN(C)CC4)cc3)[nH]c3ncnc(OC(C)C)c23)c1. The van der Waals surface area contributed by atoms with Gasteiger partial charge in [0.25, 0.3) is 0 Å². The molecule has 1 aliphatic heterocycles. The molecule has 2 N–H and O–H groups in total. The average molecular weight is 497 g/mol. The minimum absolute atomic E-state index is 0.0506. The lowest BCUT2D eigenvalue weighted by molar-refractivity contribution is -0.111. The molecule has 0 bridgehead atoms. The number of aromatic nitrogens is 3. The molecule has 0 aliphatic carbocycles. The van der Waals surface area contributed by atoms with Gasteiger partial charge in [0.15, 0.2) is 0 Å². The average Bonchev–Trinajstić information content (AvgIpc) is 3.30. The number of rotatable bonds is 7. The Morgan fingerprint density at radius 1 is 1.08 bits per heavy atom. The fourth-order valence-corrected chi connectivity index (χ4v) is 4.66. The van der Waals surface area contributed by atoms with Gasteiger partial charge in [-0.2, -0.15) is 0 Å². The maximum absolute atomic E-state index is 12.0. The van der Waals surface area contributed by atoms with Gasteiger partial charge in [-0.1, -0.05) is 30.8 Å². The van der Waals surface area contributed by atoms with Crippen molar-refractivity contribution in [3.05, 3.63) is 67.5 Å². The molecule has 0 saturated carbocycles. The molecule has 8 nitrogen and oxygen atoms in total. The van der Waals surface area contributed by atoms with Gasteiger partial charge in [-0.25, -0.2) is 9.97 Å². The van der Waals surface area contributed by atoms with Crippen molar-refractivity contribution in [3.8, 4) is 28.3 Å². The van der Waals surface area contributed by atoms with Gasteiger partial charge in [0.2, 0.25) is 11.8 Å². The van der Waals surface area contributed by atoms with Gasteiger partial charge < -0.3 is 24.8 Å². The molecular weight excluding hydrogens is 464 g/mol. The summed E-state index contributed by atoms with van der Waals surface area (Å²) in [5, 5.41) is 3.66. The van der Waals surface area contributed by atoms with Crippen LogP contribution in [0.4, 0.5) is 11.4 Å². The highest BCUT2D eigenvalue weighted by atomic mass is 16.5. The molecule has 8 heteroatoms. The summed E-state index contributed by atoms with van der Waals surface area (Å²) < 4.78 is 6.09. The third-order valence-corrected chi connectivity index (χ3v) is 6.53. The zero-order valence-electron chi connectivity index (χ0n) is 21.5. The van der Waals surface area contributed by atoms with Crippen molar-refractivity contribution in [3.63, 3.8) is 0 Å². The van der Waals surface area contributed by atoms with Gasteiger partial charge in [-0.3, -0.25) is 4.79 Å². The van der Waals surface area contributed by atoms with Crippen LogP contribution in [0.5, 0.6) is 5.88 Å². The van der Waals surface area contributed by atoms with Crippen molar-refractivity contribution >= 4 is 28.3 Å². The van der Waals surface area contributed by atoms with E-state index in [-0.39, 0.29) is 12.0 Å². The van der Waals surface area contributed by atoms with E-state index in [1.54, 1.807) is 0 Å². The van der Waals surface area contributed by atoms with Crippen molar-refractivity contribution in [2.45, 2.75) is 20.0 Å². The van der Waals surface area contributed by atoms with Gasteiger partial charge in [-0.15, -0.1) is 0 Å². The largest absolute Gasteiger partial charge is 0.474 e. The van der Waals surface area contributed by atoms with E-state index in [2.05, 4.69) is 68.0 Å². The number of aromatic amines is 1. The van der Waals surface area contributed by atoms with Crippen molar-refractivity contribution in [2.24, 2.45) is 0 Å². The number of H-pyrrole nitrogens is 1. The zero-order chi connectivity index (χ0) is 25.9. The van der Waals surface area contributed by atoms with Crippen molar-refractivity contribution in [1.29, 1.82) is 0 Å². The zero-order valence-corrected chi connectivity index (χ0v) is 21.5. The van der Waals surface area contributed by atoms with Crippen LogP contribution >= 0.6 is 0 Å². The quantitative estimate of drug-likeness (QED) is 0.352. The highest BCUT2D eigenvalue weighted by molar-refractivity contribution is 6.06. The predicted molar refractivity (Wildman–Crippen MR) is 149 cm³/mol. The second-order valence-electron chi connectivity index (χ2n) is 9.56. The Morgan fingerprint density at radius 3 is 2.54 bits per heavy atom. The number of nitrogens with one attached hydrogen (secondary N) is 2. The van der Waals surface area contributed by atoms with Crippen LogP contribution in [0, 0.1) is 0 Å². The van der Waals surface area contributed by atoms with Gasteiger partial charge in [-0.05, 0) is 62.4 Å². The number of carbonyl (C=O) groups excluding carboxylic acids is 1. The Bertz CT molecular complexity index is 1420.